The third-order valence-corrected chi connectivity index (χ3v) is 10.4. The zero-order valence-electron chi connectivity index (χ0n) is 21.8. The van der Waals surface area contributed by atoms with Crippen LogP contribution in [-0.4, -0.2) is 103 Å². The van der Waals surface area contributed by atoms with Gasteiger partial charge in [0.2, 0.25) is 5.95 Å². The van der Waals surface area contributed by atoms with Crippen LogP contribution in [-0.2, 0) is 18.3 Å². The Hall–Kier alpha value is -2.98. The van der Waals surface area contributed by atoms with Gasteiger partial charge in [-0.25, -0.2) is 28.3 Å². The van der Waals surface area contributed by atoms with Crippen LogP contribution in [0.1, 0.15) is 18.5 Å². The molecule has 6 rings (SSSR count). The second-order valence-electron chi connectivity index (χ2n) is 9.88. The minimum Gasteiger partial charge on any atom is -0.395 e. The lowest BCUT2D eigenvalue weighted by Crippen LogP contribution is -2.43. The van der Waals surface area contributed by atoms with E-state index in [1.807, 2.05) is 0 Å². The number of aromatic nitrogens is 9. The summed E-state index contributed by atoms with van der Waals surface area (Å²) < 4.78 is 63.4. The Labute approximate surface area is 248 Å². The predicted octanol–water partition coefficient (Wildman–Crippen LogP) is -0.110. The Balaban J connectivity index is 1.21. The summed E-state index contributed by atoms with van der Waals surface area (Å²) in [5.74, 6) is -0.223. The van der Waals surface area contributed by atoms with Crippen molar-refractivity contribution in [2.45, 2.75) is 53.9 Å². The fraction of sp³-hybridized carbons (Fsp3) is 0.550. The molecule has 43 heavy (non-hydrogen) atoms. The van der Waals surface area contributed by atoms with Crippen LogP contribution in [0.15, 0.2) is 17.4 Å². The maximum Gasteiger partial charge on any atom is 0.386 e. The van der Waals surface area contributed by atoms with E-state index < -0.39 is 72.6 Å². The second kappa shape index (κ2) is 10.9. The number of nitrogens with two attached hydrogens (primary N) is 2. The summed E-state index contributed by atoms with van der Waals surface area (Å²) in [5, 5.41) is 25.8. The molecule has 0 radical (unpaired) electrons. The molecule has 9 atom stereocenters. The molecular weight excluding hydrogens is 639 g/mol. The van der Waals surface area contributed by atoms with Gasteiger partial charge in [-0.05, 0) is 6.92 Å². The second-order valence-corrected chi connectivity index (χ2v) is 14.1. The molecule has 4 aromatic rings. The number of aliphatic hydroxyl groups is 2. The van der Waals surface area contributed by atoms with Crippen molar-refractivity contribution in [2.24, 2.45) is 0 Å². The number of hydrogen-bond donors (Lipinski definition) is 6. The van der Waals surface area contributed by atoms with Gasteiger partial charge in [0.15, 0.2) is 46.2 Å². The Morgan fingerprint density at radius 3 is 2.81 bits per heavy atom. The molecule has 0 spiro atoms. The van der Waals surface area contributed by atoms with E-state index in [4.69, 9.17) is 25.3 Å². The normalized spacial score (nSPS) is 32.6. The van der Waals surface area contributed by atoms with Gasteiger partial charge in [-0.3, -0.25) is 23.4 Å². The molecule has 2 aliphatic rings. The van der Waals surface area contributed by atoms with Crippen molar-refractivity contribution < 1.29 is 37.3 Å². The number of nitrogens with zero attached hydrogens (tertiary/aromatic N) is 8. The first-order valence-electron chi connectivity index (χ1n) is 12.4. The first-order chi connectivity index (χ1) is 20.3. The minimum absolute atomic E-state index is 0.000306. The van der Waals surface area contributed by atoms with E-state index in [0.29, 0.717) is 0 Å². The molecule has 6 heterocycles. The highest BCUT2D eigenvalue weighted by molar-refractivity contribution is 8.44. The summed E-state index contributed by atoms with van der Waals surface area (Å²) in [6, 6.07) is 0. The van der Waals surface area contributed by atoms with E-state index in [1.54, 1.807) is 0 Å². The highest BCUT2D eigenvalue weighted by atomic mass is 32.7. The van der Waals surface area contributed by atoms with Gasteiger partial charge in [0, 0.05) is 0 Å². The SMILES string of the molecule is C[C@]1(F)[C@@H](CO)S[C@@H](n2cnc3c(=O)[nH]c(N)nc32)[C@@H]1OP(=O)(S)OC[C@H]1O[C@@H](n2nnc3c(N)ncnc32)[C@@H](F)[C@@H]1O. The third kappa shape index (κ3) is 5.14. The fourth-order valence-corrected chi connectivity index (χ4v) is 8.05. The molecule has 232 valence electrons. The van der Waals surface area contributed by atoms with Crippen molar-refractivity contribution in [1.82, 2.24) is 44.5 Å². The van der Waals surface area contributed by atoms with Crippen molar-refractivity contribution in [3.63, 3.8) is 0 Å². The van der Waals surface area contributed by atoms with Crippen LogP contribution in [0, 0.1) is 0 Å². The number of aromatic amines is 1. The van der Waals surface area contributed by atoms with E-state index >= 15 is 8.78 Å². The van der Waals surface area contributed by atoms with E-state index in [1.165, 1.54) is 10.9 Å². The van der Waals surface area contributed by atoms with E-state index in [9.17, 15) is 19.6 Å². The summed E-state index contributed by atoms with van der Waals surface area (Å²) in [7, 11) is 0. The molecule has 1 unspecified atom stereocenters. The summed E-state index contributed by atoms with van der Waals surface area (Å²) in [6.45, 7) is -4.66. The molecular formula is C20H24F2N11O7PS2. The molecule has 7 N–H and O–H groups in total. The fourth-order valence-electron chi connectivity index (χ4n) is 4.89. The topological polar surface area (TPSA) is 257 Å². The van der Waals surface area contributed by atoms with Crippen molar-refractivity contribution in [3.05, 3.63) is 23.0 Å². The lowest BCUT2D eigenvalue weighted by molar-refractivity contribution is -0.0516. The number of nitrogens with one attached hydrogen (secondary N) is 1. The largest absolute Gasteiger partial charge is 0.395 e. The van der Waals surface area contributed by atoms with Crippen molar-refractivity contribution in [3.8, 4) is 0 Å². The van der Waals surface area contributed by atoms with Gasteiger partial charge >= 0.3 is 6.80 Å². The summed E-state index contributed by atoms with van der Waals surface area (Å²) in [5.41, 5.74) is 8.50. The number of hydrogen-bond acceptors (Lipinski definition) is 16. The average molecular weight is 664 g/mol. The van der Waals surface area contributed by atoms with Crippen LogP contribution in [0.3, 0.4) is 0 Å². The molecule has 0 aromatic carbocycles. The third-order valence-electron chi connectivity index (χ3n) is 7.11. The Bertz CT molecular complexity index is 1790. The molecule has 18 nitrogen and oxygen atoms in total. The number of thioether (sulfide) groups is 1. The highest BCUT2D eigenvalue weighted by Crippen LogP contribution is 2.61. The number of H-pyrrole nitrogens is 1. The zero-order valence-corrected chi connectivity index (χ0v) is 24.4. The zero-order chi connectivity index (χ0) is 30.8. The van der Waals surface area contributed by atoms with Gasteiger partial charge in [0.1, 0.15) is 30.0 Å². The van der Waals surface area contributed by atoms with Crippen LogP contribution in [0.2, 0.25) is 0 Å². The van der Waals surface area contributed by atoms with E-state index in [0.717, 1.165) is 29.7 Å². The highest BCUT2D eigenvalue weighted by Gasteiger charge is 2.58. The van der Waals surface area contributed by atoms with Gasteiger partial charge in [-0.15, -0.1) is 16.9 Å². The molecule has 0 amide bonds. The van der Waals surface area contributed by atoms with E-state index in [2.05, 4.69) is 47.5 Å². The van der Waals surface area contributed by atoms with Crippen molar-refractivity contribution in [1.29, 1.82) is 0 Å². The van der Waals surface area contributed by atoms with Crippen LogP contribution in [0.25, 0.3) is 22.3 Å². The molecule has 2 fully saturated rings. The number of nitrogen functional groups attached to an aromatic ring is 2. The lowest BCUT2D eigenvalue weighted by atomic mass is 9.97. The van der Waals surface area contributed by atoms with Gasteiger partial charge in [-0.1, -0.05) is 17.5 Å². The number of fused-ring (bicyclic) bond motifs is 2. The van der Waals surface area contributed by atoms with Crippen LogP contribution < -0.4 is 17.0 Å². The molecule has 2 aliphatic heterocycles. The molecule has 23 heteroatoms. The number of imidazole rings is 1. The number of anilines is 2. The number of aliphatic hydroxyl groups excluding tert-OH is 2. The molecule has 2 saturated heterocycles. The number of ether oxygens (including phenoxy) is 1. The Morgan fingerprint density at radius 1 is 1.30 bits per heavy atom. The van der Waals surface area contributed by atoms with Crippen molar-refractivity contribution in [2.75, 3.05) is 24.7 Å². The smallest absolute Gasteiger partial charge is 0.386 e. The average Bonchev–Trinajstić information content (AvgIpc) is 3.68. The summed E-state index contributed by atoms with van der Waals surface area (Å²) in [6.07, 6.45) is -5.98. The first-order valence-corrected chi connectivity index (χ1v) is 16.1. The summed E-state index contributed by atoms with van der Waals surface area (Å²) >= 11 is 4.89. The number of halogens is 2. The number of rotatable bonds is 8. The summed E-state index contributed by atoms with van der Waals surface area (Å²) in [4.78, 5) is 30.4. The maximum atomic E-state index is 16.1. The van der Waals surface area contributed by atoms with E-state index in [-0.39, 0.29) is 34.1 Å². The predicted molar refractivity (Wildman–Crippen MR) is 149 cm³/mol. The van der Waals surface area contributed by atoms with Crippen LogP contribution in [0.5, 0.6) is 0 Å². The lowest BCUT2D eigenvalue weighted by Gasteiger charge is -2.30. The minimum atomic E-state index is -4.47. The standard InChI is InChI=1S/C20H24F2N11O7PS2/c1-20(22)7(2-34)43-18(32-5-27-10-15(32)28-19(24)29-16(10)36)12(20)40-41(37,42)38-3-6-11(35)8(21)17(39-6)33-14-9(30-31-33)13(23)25-4-26-14/h4-8,11-12,17-18,34-35H,2-3H2,1H3,(H,37,42)(H2,23,25,26)(H3,24,28,29,36)/t6-,7-,8+,11-,12+,17-,18-,20+,41?/m1/s1. The van der Waals surface area contributed by atoms with Gasteiger partial charge in [-0.2, -0.15) is 9.67 Å². The molecule has 0 aliphatic carbocycles. The van der Waals surface area contributed by atoms with Crippen LogP contribution in [0.4, 0.5) is 20.5 Å². The van der Waals surface area contributed by atoms with Crippen molar-refractivity contribution >= 4 is 64.9 Å². The molecule has 0 saturated carbocycles. The first kappa shape index (κ1) is 30.1. The number of thiol groups is 1. The maximum absolute atomic E-state index is 16.1. The molecule has 4 aromatic heterocycles. The quantitative estimate of drug-likeness (QED) is 0.106. The number of alkyl halides is 2. The molecule has 0 bridgehead atoms. The Morgan fingerprint density at radius 2 is 2.07 bits per heavy atom. The van der Waals surface area contributed by atoms with Crippen LogP contribution >= 0.6 is 30.8 Å². The van der Waals surface area contributed by atoms with Gasteiger partial charge in [0.05, 0.1) is 24.8 Å². The van der Waals surface area contributed by atoms with Gasteiger partial charge < -0.3 is 26.4 Å². The monoisotopic (exact) mass is 663 g/mol. The Kier molecular flexibility index (Phi) is 7.60. The van der Waals surface area contributed by atoms with Gasteiger partial charge in [0.25, 0.3) is 5.56 Å².